The SMILES string of the molecule is COC(=O)C(C(=O)F)C(F)(F)F. The molecule has 0 heterocycles. The fourth-order valence-corrected chi connectivity index (χ4v) is 0.473. The second-order valence-corrected chi connectivity index (χ2v) is 1.80. The van der Waals surface area contributed by atoms with Gasteiger partial charge in [0, 0.05) is 0 Å². The van der Waals surface area contributed by atoms with Crippen LogP contribution < -0.4 is 0 Å². The maximum absolute atomic E-state index is 11.6. The van der Waals surface area contributed by atoms with Gasteiger partial charge in [-0.15, -0.1) is 0 Å². The highest BCUT2D eigenvalue weighted by Gasteiger charge is 2.51. The minimum Gasteiger partial charge on any atom is -0.468 e. The maximum Gasteiger partial charge on any atom is 0.411 e. The molecule has 3 nitrogen and oxygen atoms in total. The van der Waals surface area contributed by atoms with Crippen molar-refractivity contribution in [1.29, 1.82) is 0 Å². The molecular weight excluding hydrogens is 184 g/mol. The van der Waals surface area contributed by atoms with Crippen molar-refractivity contribution >= 4 is 12.0 Å². The Morgan fingerprint density at radius 1 is 1.33 bits per heavy atom. The number of carbonyl (C=O) groups is 2. The summed E-state index contributed by atoms with van der Waals surface area (Å²) in [5.41, 5.74) is 0. The van der Waals surface area contributed by atoms with E-state index in [0.29, 0.717) is 7.11 Å². The van der Waals surface area contributed by atoms with E-state index in [2.05, 4.69) is 4.74 Å². The summed E-state index contributed by atoms with van der Waals surface area (Å²) < 4.78 is 50.2. The van der Waals surface area contributed by atoms with Crippen LogP contribution in [0.4, 0.5) is 17.6 Å². The van der Waals surface area contributed by atoms with Crippen molar-refractivity contribution in [3.63, 3.8) is 0 Å². The predicted octanol–water partition coefficient (Wildman–Crippen LogP) is 0.834. The Bertz CT molecular complexity index is 197. The zero-order valence-corrected chi connectivity index (χ0v) is 5.81. The van der Waals surface area contributed by atoms with Crippen LogP contribution in [0.15, 0.2) is 0 Å². The van der Waals surface area contributed by atoms with Crippen LogP contribution in [-0.2, 0) is 14.3 Å². The lowest BCUT2D eigenvalue weighted by Gasteiger charge is -2.12. The number of carbonyl (C=O) groups excluding carboxylic acids is 2. The summed E-state index contributed by atoms with van der Waals surface area (Å²) in [5, 5.41) is 0. The van der Waals surface area contributed by atoms with E-state index >= 15 is 0 Å². The minimum absolute atomic E-state index is 0.629. The van der Waals surface area contributed by atoms with Gasteiger partial charge in [-0.3, -0.25) is 9.59 Å². The van der Waals surface area contributed by atoms with E-state index in [1.54, 1.807) is 0 Å². The molecule has 7 heteroatoms. The molecule has 0 rings (SSSR count). The van der Waals surface area contributed by atoms with Crippen molar-refractivity contribution in [2.75, 3.05) is 7.11 Å². The lowest BCUT2D eigenvalue weighted by atomic mass is 10.1. The molecule has 0 amide bonds. The molecule has 0 aromatic rings. The number of ether oxygens (including phenoxy) is 1. The number of methoxy groups -OCH3 is 1. The van der Waals surface area contributed by atoms with Crippen molar-refractivity contribution in [2.24, 2.45) is 5.92 Å². The van der Waals surface area contributed by atoms with E-state index in [-0.39, 0.29) is 0 Å². The molecule has 0 spiro atoms. The third-order valence-corrected chi connectivity index (χ3v) is 0.991. The zero-order valence-electron chi connectivity index (χ0n) is 5.81. The number of alkyl halides is 3. The van der Waals surface area contributed by atoms with Gasteiger partial charge in [-0.05, 0) is 0 Å². The molecule has 70 valence electrons. The molecule has 0 aliphatic carbocycles. The zero-order chi connectivity index (χ0) is 9.94. The summed E-state index contributed by atoms with van der Waals surface area (Å²) in [6, 6.07) is -2.77. The summed E-state index contributed by atoms with van der Waals surface area (Å²) in [6.07, 6.45) is -5.24. The first-order valence-electron chi connectivity index (χ1n) is 2.64. The van der Waals surface area contributed by atoms with Gasteiger partial charge in [0.1, 0.15) is 0 Å². The second kappa shape index (κ2) is 3.51. The van der Waals surface area contributed by atoms with Crippen molar-refractivity contribution in [3.05, 3.63) is 0 Å². The van der Waals surface area contributed by atoms with Crippen LogP contribution in [-0.4, -0.2) is 25.3 Å². The molecule has 0 N–H and O–H groups in total. The Morgan fingerprint density at radius 3 is 1.83 bits per heavy atom. The van der Waals surface area contributed by atoms with Gasteiger partial charge < -0.3 is 4.74 Å². The first kappa shape index (κ1) is 10.9. The van der Waals surface area contributed by atoms with Gasteiger partial charge in [0.2, 0.25) is 5.92 Å². The van der Waals surface area contributed by atoms with Crippen molar-refractivity contribution in [3.8, 4) is 0 Å². The smallest absolute Gasteiger partial charge is 0.411 e. The molecule has 12 heavy (non-hydrogen) atoms. The van der Waals surface area contributed by atoms with Crippen LogP contribution in [0, 0.1) is 5.92 Å². The van der Waals surface area contributed by atoms with Crippen molar-refractivity contribution in [2.45, 2.75) is 6.18 Å². The highest BCUT2D eigenvalue weighted by molar-refractivity contribution is 5.95. The quantitative estimate of drug-likeness (QED) is 0.279. The van der Waals surface area contributed by atoms with E-state index < -0.39 is 24.1 Å². The standard InChI is InChI=1S/C5H4F4O3/c1-12-4(11)2(3(6)10)5(7,8)9/h2H,1H3. The minimum atomic E-state index is -5.24. The molecule has 0 fully saturated rings. The molecule has 0 aromatic heterocycles. The number of esters is 1. The summed E-state index contributed by atoms with van der Waals surface area (Å²) >= 11 is 0. The lowest BCUT2D eigenvalue weighted by molar-refractivity contribution is -0.200. The molecule has 0 saturated carbocycles. The van der Waals surface area contributed by atoms with E-state index in [0.717, 1.165) is 0 Å². The van der Waals surface area contributed by atoms with Crippen LogP contribution in [0.2, 0.25) is 0 Å². The molecule has 0 saturated heterocycles. The Balaban J connectivity index is 4.68. The van der Waals surface area contributed by atoms with E-state index in [9.17, 15) is 27.2 Å². The van der Waals surface area contributed by atoms with Gasteiger partial charge in [-0.2, -0.15) is 17.6 Å². The van der Waals surface area contributed by atoms with Gasteiger partial charge in [-0.1, -0.05) is 0 Å². The second-order valence-electron chi connectivity index (χ2n) is 1.80. The monoisotopic (exact) mass is 188 g/mol. The van der Waals surface area contributed by atoms with Gasteiger partial charge in [0.05, 0.1) is 7.11 Å². The first-order valence-corrected chi connectivity index (χ1v) is 2.64. The topological polar surface area (TPSA) is 43.4 Å². The molecule has 1 atom stereocenters. The highest BCUT2D eigenvalue weighted by atomic mass is 19.4. The van der Waals surface area contributed by atoms with Crippen LogP contribution in [0.1, 0.15) is 0 Å². The summed E-state index contributed by atoms with van der Waals surface area (Å²) in [7, 11) is 0.629. The molecular formula is C5H4F4O3. The Labute approximate surface area is 64.3 Å². The molecule has 0 aromatic carbocycles. The van der Waals surface area contributed by atoms with Gasteiger partial charge in [0.25, 0.3) is 0 Å². The average Bonchev–Trinajstić information content (AvgIpc) is 1.83. The maximum atomic E-state index is 11.6. The molecule has 0 radical (unpaired) electrons. The van der Waals surface area contributed by atoms with Gasteiger partial charge >= 0.3 is 18.2 Å². The highest BCUT2D eigenvalue weighted by Crippen LogP contribution is 2.28. The van der Waals surface area contributed by atoms with Crippen LogP contribution in [0.3, 0.4) is 0 Å². The average molecular weight is 188 g/mol. The molecule has 0 aliphatic rings. The summed E-state index contributed by atoms with van der Waals surface area (Å²) in [5.74, 6) is -5.27. The number of rotatable bonds is 2. The summed E-state index contributed by atoms with van der Waals surface area (Å²) in [4.78, 5) is 19.9. The number of hydrogen-bond donors (Lipinski definition) is 0. The van der Waals surface area contributed by atoms with Gasteiger partial charge in [0.15, 0.2) is 0 Å². The predicted molar refractivity (Wildman–Crippen MR) is 27.7 cm³/mol. The molecule has 0 bridgehead atoms. The van der Waals surface area contributed by atoms with E-state index in [4.69, 9.17) is 0 Å². The van der Waals surface area contributed by atoms with Crippen LogP contribution in [0.25, 0.3) is 0 Å². The normalized spacial score (nSPS) is 13.8. The Kier molecular flexibility index (Phi) is 3.17. The Morgan fingerprint density at radius 2 is 1.75 bits per heavy atom. The number of halogens is 4. The lowest BCUT2D eigenvalue weighted by Crippen LogP contribution is -2.36. The summed E-state index contributed by atoms with van der Waals surface area (Å²) in [6.45, 7) is 0. The molecule has 1 unspecified atom stereocenters. The fraction of sp³-hybridized carbons (Fsp3) is 0.600. The van der Waals surface area contributed by atoms with Crippen LogP contribution >= 0.6 is 0 Å². The third-order valence-electron chi connectivity index (χ3n) is 0.991. The molecule has 0 aliphatic heterocycles. The number of hydrogen-bond acceptors (Lipinski definition) is 3. The van der Waals surface area contributed by atoms with E-state index in [1.165, 1.54) is 0 Å². The third kappa shape index (κ3) is 2.48. The van der Waals surface area contributed by atoms with Gasteiger partial charge in [-0.25, -0.2) is 0 Å². The van der Waals surface area contributed by atoms with E-state index in [1.807, 2.05) is 0 Å². The fourth-order valence-electron chi connectivity index (χ4n) is 0.473. The van der Waals surface area contributed by atoms with Crippen LogP contribution in [0.5, 0.6) is 0 Å². The van der Waals surface area contributed by atoms with Crippen molar-refractivity contribution < 1.29 is 31.9 Å². The largest absolute Gasteiger partial charge is 0.468 e. The van der Waals surface area contributed by atoms with Crippen molar-refractivity contribution in [1.82, 2.24) is 0 Å². The Hall–Kier alpha value is -1.14. The first-order chi connectivity index (χ1) is 5.30.